The summed E-state index contributed by atoms with van der Waals surface area (Å²) in [4.78, 5) is 4.69. The fraction of sp³-hybridized carbons (Fsp3) is 0.0588. The summed E-state index contributed by atoms with van der Waals surface area (Å²) in [6.45, 7) is 0. The summed E-state index contributed by atoms with van der Waals surface area (Å²) in [5.74, 6) is 0. The Balaban J connectivity index is 1.65. The monoisotopic (exact) mass is 372 g/mol. The Morgan fingerprint density at radius 1 is 1.08 bits per heavy atom. The average Bonchev–Trinajstić information content (AvgIpc) is 3.12. The van der Waals surface area contributed by atoms with E-state index in [1.54, 1.807) is 18.3 Å². The highest BCUT2D eigenvalue weighted by Crippen LogP contribution is 2.24. The van der Waals surface area contributed by atoms with Gasteiger partial charge in [0.25, 0.3) is 0 Å². The van der Waals surface area contributed by atoms with Gasteiger partial charge in [-0.3, -0.25) is 5.43 Å². The fourth-order valence-electron chi connectivity index (χ4n) is 2.08. The van der Waals surface area contributed by atoms with Crippen LogP contribution in [-0.2, 0) is 10.0 Å². The number of thiazole rings is 1. The third-order valence-corrected chi connectivity index (χ3v) is 5.58. The number of hydrogen-bond acceptors (Lipinski definition) is 6. The van der Waals surface area contributed by atoms with Crippen LogP contribution < -0.4 is 10.1 Å². The first-order valence-corrected chi connectivity index (χ1v) is 9.78. The van der Waals surface area contributed by atoms with Gasteiger partial charge >= 0.3 is 0 Å². The van der Waals surface area contributed by atoms with Crippen molar-refractivity contribution in [3.8, 4) is 11.3 Å². The molecule has 2 aromatic carbocycles. The van der Waals surface area contributed by atoms with Gasteiger partial charge in [0.1, 0.15) is 0 Å². The summed E-state index contributed by atoms with van der Waals surface area (Å²) < 4.78 is 25.6. The second-order valence-electron chi connectivity index (χ2n) is 5.05. The summed E-state index contributed by atoms with van der Waals surface area (Å²) >= 11 is 1.46. The zero-order chi connectivity index (χ0) is 17.7. The van der Waals surface area contributed by atoms with E-state index in [1.165, 1.54) is 30.5 Å². The molecule has 0 aliphatic heterocycles. The minimum Gasteiger partial charge on any atom is -0.253 e. The zero-order valence-electron chi connectivity index (χ0n) is 13.4. The number of nitrogens with zero attached hydrogens (tertiary/aromatic N) is 2. The van der Waals surface area contributed by atoms with Crippen molar-refractivity contribution in [2.45, 2.75) is 4.90 Å². The van der Waals surface area contributed by atoms with Gasteiger partial charge in [0, 0.05) is 10.9 Å². The van der Waals surface area contributed by atoms with Gasteiger partial charge in [-0.05, 0) is 24.7 Å². The summed E-state index contributed by atoms with van der Waals surface area (Å²) in [5.41, 5.74) is 5.61. The molecule has 0 bridgehead atoms. The van der Waals surface area contributed by atoms with Crippen molar-refractivity contribution in [3.63, 3.8) is 0 Å². The van der Waals surface area contributed by atoms with Crippen LogP contribution in [0.25, 0.3) is 11.3 Å². The molecule has 0 atom stereocenters. The van der Waals surface area contributed by atoms with Crippen molar-refractivity contribution in [3.05, 3.63) is 65.5 Å². The van der Waals surface area contributed by atoms with Gasteiger partial charge in [0.15, 0.2) is 0 Å². The van der Waals surface area contributed by atoms with Gasteiger partial charge in [-0.25, -0.2) is 18.1 Å². The number of hydrogen-bond donors (Lipinski definition) is 2. The second kappa shape index (κ2) is 7.56. The number of aromatic nitrogens is 1. The van der Waals surface area contributed by atoms with Crippen molar-refractivity contribution in [1.29, 1.82) is 0 Å². The Hall–Kier alpha value is -2.55. The molecule has 128 valence electrons. The van der Waals surface area contributed by atoms with Gasteiger partial charge in [-0.15, -0.1) is 11.3 Å². The van der Waals surface area contributed by atoms with Crippen LogP contribution in [0.2, 0.25) is 0 Å². The molecule has 0 aliphatic carbocycles. The summed E-state index contributed by atoms with van der Waals surface area (Å²) in [7, 11) is -2.04. The molecule has 2 N–H and O–H groups in total. The smallest absolute Gasteiger partial charge is 0.240 e. The molecule has 25 heavy (non-hydrogen) atoms. The van der Waals surface area contributed by atoms with Crippen LogP contribution in [0, 0.1) is 0 Å². The van der Waals surface area contributed by atoms with E-state index in [-0.39, 0.29) is 4.90 Å². The molecule has 0 saturated carbocycles. The number of nitrogens with one attached hydrogen (secondary N) is 2. The van der Waals surface area contributed by atoms with E-state index < -0.39 is 10.0 Å². The molecule has 0 radical (unpaired) electrons. The summed E-state index contributed by atoms with van der Waals surface area (Å²) in [6.07, 6.45) is 1.61. The third-order valence-electron chi connectivity index (χ3n) is 3.41. The lowest BCUT2D eigenvalue weighted by Gasteiger charge is -2.02. The largest absolute Gasteiger partial charge is 0.253 e. The van der Waals surface area contributed by atoms with Crippen LogP contribution in [0.5, 0.6) is 0 Å². The average molecular weight is 372 g/mol. The first-order valence-electron chi connectivity index (χ1n) is 7.42. The SMILES string of the molecule is CNS(=O)(=O)c1ccc(C=NNc2nc(-c3ccccc3)cs2)cc1. The maximum atomic E-state index is 11.7. The molecule has 0 aliphatic rings. The van der Waals surface area contributed by atoms with Crippen LogP contribution in [0.4, 0.5) is 5.13 Å². The molecule has 0 amide bonds. The van der Waals surface area contributed by atoms with Gasteiger partial charge in [-0.2, -0.15) is 5.10 Å². The molecule has 0 saturated heterocycles. The molecule has 3 rings (SSSR count). The van der Waals surface area contributed by atoms with Crippen LogP contribution in [0.15, 0.2) is 70.0 Å². The minimum atomic E-state index is -3.42. The summed E-state index contributed by atoms with van der Waals surface area (Å²) in [6, 6.07) is 16.3. The van der Waals surface area contributed by atoms with Crippen LogP contribution in [-0.4, -0.2) is 26.7 Å². The van der Waals surface area contributed by atoms with Crippen molar-refractivity contribution < 1.29 is 8.42 Å². The topological polar surface area (TPSA) is 83.5 Å². The van der Waals surface area contributed by atoms with Crippen molar-refractivity contribution in [2.75, 3.05) is 12.5 Å². The third kappa shape index (κ3) is 4.30. The predicted molar refractivity (Wildman–Crippen MR) is 101 cm³/mol. The first kappa shape index (κ1) is 17.3. The number of sulfonamides is 1. The lowest BCUT2D eigenvalue weighted by molar-refractivity contribution is 0.588. The highest BCUT2D eigenvalue weighted by atomic mass is 32.2. The highest BCUT2D eigenvalue weighted by molar-refractivity contribution is 7.89. The van der Waals surface area contributed by atoms with E-state index in [2.05, 4.69) is 20.2 Å². The van der Waals surface area contributed by atoms with E-state index >= 15 is 0 Å². The lowest BCUT2D eigenvalue weighted by Crippen LogP contribution is -2.18. The molecule has 1 aromatic heterocycles. The van der Waals surface area contributed by atoms with Crippen molar-refractivity contribution in [2.24, 2.45) is 5.10 Å². The Morgan fingerprint density at radius 3 is 2.48 bits per heavy atom. The number of hydrazone groups is 1. The number of benzene rings is 2. The van der Waals surface area contributed by atoms with E-state index in [0.717, 1.165) is 16.8 Å². The van der Waals surface area contributed by atoms with Gasteiger partial charge in [0.2, 0.25) is 15.2 Å². The molecular weight excluding hydrogens is 356 g/mol. The van der Waals surface area contributed by atoms with E-state index in [0.29, 0.717) is 5.13 Å². The maximum Gasteiger partial charge on any atom is 0.240 e. The predicted octanol–water partition coefficient (Wildman–Crippen LogP) is 3.16. The molecule has 0 unspecified atom stereocenters. The lowest BCUT2D eigenvalue weighted by atomic mass is 10.2. The summed E-state index contributed by atoms with van der Waals surface area (Å²) in [5, 5.41) is 6.79. The molecule has 8 heteroatoms. The first-order chi connectivity index (χ1) is 12.1. The molecule has 3 aromatic rings. The van der Waals surface area contributed by atoms with Crippen LogP contribution in [0.1, 0.15) is 5.56 Å². The van der Waals surface area contributed by atoms with E-state index in [1.807, 2.05) is 35.7 Å². The van der Waals surface area contributed by atoms with Gasteiger partial charge in [0.05, 0.1) is 16.8 Å². The molecule has 0 spiro atoms. The minimum absolute atomic E-state index is 0.215. The standard InChI is InChI=1S/C17H16N4O2S2/c1-18-25(22,23)15-9-7-13(8-10-15)11-19-21-17-20-16(12-24-17)14-5-3-2-4-6-14/h2-12,18H,1H3,(H,20,21). The highest BCUT2D eigenvalue weighted by Gasteiger charge is 2.09. The van der Waals surface area contributed by atoms with E-state index in [9.17, 15) is 8.42 Å². The van der Waals surface area contributed by atoms with Gasteiger partial charge in [-0.1, -0.05) is 42.5 Å². The second-order valence-corrected chi connectivity index (χ2v) is 7.80. The van der Waals surface area contributed by atoms with E-state index in [4.69, 9.17) is 0 Å². The Morgan fingerprint density at radius 2 is 1.80 bits per heavy atom. The molecular formula is C17H16N4O2S2. The maximum absolute atomic E-state index is 11.7. The molecule has 1 heterocycles. The molecule has 6 nitrogen and oxygen atoms in total. The number of anilines is 1. The Kier molecular flexibility index (Phi) is 5.22. The van der Waals surface area contributed by atoms with Crippen molar-refractivity contribution >= 4 is 32.7 Å². The Labute approximate surface area is 150 Å². The quantitative estimate of drug-likeness (QED) is 0.514. The Bertz CT molecular complexity index is 965. The zero-order valence-corrected chi connectivity index (χ0v) is 15.0. The number of rotatable bonds is 6. The van der Waals surface area contributed by atoms with Crippen molar-refractivity contribution in [1.82, 2.24) is 9.71 Å². The molecule has 0 fully saturated rings. The van der Waals surface area contributed by atoms with Crippen LogP contribution >= 0.6 is 11.3 Å². The van der Waals surface area contributed by atoms with Crippen LogP contribution in [0.3, 0.4) is 0 Å². The normalized spacial score (nSPS) is 11.7. The van der Waals surface area contributed by atoms with Gasteiger partial charge < -0.3 is 0 Å². The fourth-order valence-corrected chi connectivity index (χ4v) is 3.48.